The second-order valence-electron chi connectivity index (χ2n) is 9.58. The van der Waals surface area contributed by atoms with Crippen LogP contribution < -0.4 is 19.7 Å². The molecule has 4 rings (SSSR count). The van der Waals surface area contributed by atoms with E-state index in [-0.39, 0.29) is 18.4 Å². The van der Waals surface area contributed by atoms with Gasteiger partial charge in [-0.15, -0.1) is 5.10 Å². The molecule has 0 aliphatic heterocycles. The number of benzene rings is 3. The van der Waals surface area contributed by atoms with E-state index in [0.717, 1.165) is 11.9 Å². The lowest BCUT2D eigenvalue weighted by Gasteiger charge is -2.35. The van der Waals surface area contributed by atoms with E-state index >= 15 is 0 Å². The van der Waals surface area contributed by atoms with Gasteiger partial charge in [-0.1, -0.05) is 54.6 Å². The molecule has 0 aliphatic carbocycles. The van der Waals surface area contributed by atoms with E-state index in [1.807, 2.05) is 75.4 Å². The topological polar surface area (TPSA) is 98.6 Å². The number of amides is 2. The highest BCUT2D eigenvalue weighted by Gasteiger charge is 2.35. The van der Waals surface area contributed by atoms with Crippen LogP contribution in [0.15, 0.2) is 72.8 Å². The Balaban J connectivity index is 1.85. The zero-order chi connectivity index (χ0) is 27.3. The number of hydrogen-bond acceptors (Lipinski definition) is 6. The van der Waals surface area contributed by atoms with Gasteiger partial charge in [-0.3, -0.25) is 14.5 Å². The third-order valence-corrected chi connectivity index (χ3v) is 6.59. The van der Waals surface area contributed by atoms with Crippen molar-refractivity contribution in [2.24, 2.45) is 0 Å². The van der Waals surface area contributed by atoms with Crippen LogP contribution in [-0.4, -0.2) is 46.6 Å². The summed E-state index contributed by atoms with van der Waals surface area (Å²) in [5, 5.41) is 11.5. The minimum absolute atomic E-state index is 0.122. The van der Waals surface area contributed by atoms with Crippen molar-refractivity contribution in [3.8, 4) is 11.5 Å². The van der Waals surface area contributed by atoms with Crippen molar-refractivity contribution >= 4 is 28.5 Å². The van der Waals surface area contributed by atoms with Gasteiger partial charge < -0.3 is 14.8 Å². The Labute approximate surface area is 222 Å². The van der Waals surface area contributed by atoms with Gasteiger partial charge in [0.1, 0.15) is 18.1 Å². The van der Waals surface area contributed by atoms with E-state index in [9.17, 15) is 9.59 Å². The zero-order valence-corrected chi connectivity index (χ0v) is 22.3. The Kier molecular flexibility index (Phi) is 7.95. The molecule has 1 N–H and O–H groups in total. The highest BCUT2D eigenvalue weighted by molar-refractivity contribution is 6.02. The molecule has 0 unspecified atom stereocenters. The standard InChI is InChI=1S/C29H33N5O4/c1-6-29(2,3)30-28(36)27(20-12-8-7-9-13-20)34(21-16-17-24(37-4)25(18-21)38-5)26(35)19-33-23-15-11-10-14-22(23)31-32-33/h7-18,27H,6,19H2,1-5H3,(H,30,36)/t27-/m0/s1. The van der Waals surface area contributed by atoms with Crippen molar-refractivity contribution in [3.63, 3.8) is 0 Å². The fourth-order valence-electron chi connectivity index (χ4n) is 4.19. The van der Waals surface area contributed by atoms with Crippen LogP contribution in [0.5, 0.6) is 11.5 Å². The smallest absolute Gasteiger partial charge is 0.249 e. The van der Waals surface area contributed by atoms with Gasteiger partial charge >= 0.3 is 0 Å². The average molecular weight is 516 g/mol. The van der Waals surface area contributed by atoms with E-state index in [1.54, 1.807) is 30.0 Å². The number of fused-ring (bicyclic) bond motifs is 1. The van der Waals surface area contributed by atoms with Crippen LogP contribution >= 0.6 is 0 Å². The minimum Gasteiger partial charge on any atom is -0.493 e. The quantitative estimate of drug-likeness (QED) is 0.333. The maximum atomic E-state index is 14.1. The van der Waals surface area contributed by atoms with Crippen molar-refractivity contribution in [1.82, 2.24) is 20.3 Å². The van der Waals surface area contributed by atoms with Gasteiger partial charge in [-0.05, 0) is 50.1 Å². The Bertz CT molecular complexity index is 1420. The second-order valence-corrected chi connectivity index (χ2v) is 9.58. The summed E-state index contributed by atoms with van der Waals surface area (Å²) in [4.78, 5) is 29.6. The predicted molar refractivity (Wildman–Crippen MR) is 146 cm³/mol. The number of hydrogen-bond donors (Lipinski definition) is 1. The lowest BCUT2D eigenvalue weighted by atomic mass is 9.98. The summed E-state index contributed by atoms with van der Waals surface area (Å²) in [6.45, 7) is 5.79. The Hall–Kier alpha value is -4.40. The van der Waals surface area contributed by atoms with E-state index < -0.39 is 11.6 Å². The number of carbonyl (C=O) groups is 2. The first-order valence-corrected chi connectivity index (χ1v) is 12.5. The summed E-state index contributed by atoms with van der Waals surface area (Å²) >= 11 is 0. The molecule has 0 spiro atoms. The molecule has 3 aromatic carbocycles. The molecule has 9 nitrogen and oxygen atoms in total. The lowest BCUT2D eigenvalue weighted by molar-refractivity contribution is -0.128. The molecule has 1 atom stereocenters. The molecule has 0 saturated carbocycles. The summed E-state index contributed by atoms with van der Waals surface area (Å²) in [5.74, 6) is 0.315. The Morgan fingerprint density at radius 1 is 0.974 bits per heavy atom. The van der Waals surface area contributed by atoms with Gasteiger partial charge in [-0.25, -0.2) is 4.68 Å². The Morgan fingerprint density at radius 2 is 1.66 bits per heavy atom. The number of para-hydroxylation sites is 1. The van der Waals surface area contributed by atoms with Crippen LogP contribution in [0.3, 0.4) is 0 Å². The largest absolute Gasteiger partial charge is 0.493 e. The molecule has 0 fully saturated rings. The SMILES string of the molecule is CCC(C)(C)NC(=O)[C@H](c1ccccc1)N(C(=O)Cn1nnc2ccccc21)c1ccc(OC)c(OC)c1. The maximum absolute atomic E-state index is 14.1. The summed E-state index contributed by atoms with van der Waals surface area (Å²) in [6.07, 6.45) is 0.718. The maximum Gasteiger partial charge on any atom is 0.249 e. The van der Waals surface area contributed by atoms with Crippen molar-refractivity contribution in [2.75, 3.05) is 19.1 Å². The van der Waals surface area contributed by atoms with E-state index in [1.165, 1.54) is 12.0 Å². The number of aromatic nitrogens is 3. The number of rotatable bonds is 10. The number of nitrogens with one attached hydrogen (secondary N) is 1. The van der Waals surface area contributed by atoms with Gasteiger partial charge in [0.05, 0.1) is 19.7 Å². The molecule has 0 saturated heterocycles. The van der Waals surface area contributed by atoms with E-state index in [2.05, 4.69) is 15.6 Å². The number of nitrogens with zero attached hydrogens (tertiary/aromatic N) is 4. The minimum atomic E-state index is -0.956. The number of carbonyl (C=O) groups excluding carboxylic acids is 2. The van der Waals surface area contributed by atoms with Crippen LogP contribution in [0.4, 0.5) is 5.69 Å². The molecule has 1 heterocycles. The summed E-state index contributed by atoms with van der Waals surface area (Å²) in [7, 11) is 3.07. The fourth-order valence-corrected chi connectivity index (χ4v) is 4.19. The molecule has 0 radical (unpaired) electrons. The zero-order valence-electron chi connectivity index (χ0n) is 22.3. The molecule has 0 bridgehead atoms. The lowest BCUT2D eigenvalue weighted by Crippen LogP contribution is -2.51. The number of ether oxygens (including phenoxy) is 2. The van der Waals surface area contributed by atoms with Crippen LogP contribution in [0.2, 0.25) is 0 Å². The fraction of sp³-hybridized carbons (Fsp3) is 0.310. The average Bonchev–Trinajstić information content (AvgIpc) is 3.33. The normalized spacial score (nSPS) is 12.1. The first kappa shape index (κ1) is 26.7. The Morgan fingerprint density at radius 3 is 2.34 bits per heavy atom. The molecular weight excluding hydrogens is 482 g/mol. The van der Waals surface area contributed by atoms with Crippen LogP contribution in [0.1, 0.15) is 38.8 Å². The van der Waals surface area contributed by atoms with Crippen molar-refractivity contribution in [2.45, 2.75) is 45.3 Å². The monoisotopic (exact) mass is 515 g/mol. The summed E-state index contributed by atoms with van der Waals surface area (Å²) < 4.78 is 12.5. The van der Waals surface area contributed by atoms with Gasteiger partial charge in [0.15, 0.2) is 11.5 Å². The van der Waals surface area contributed by atoms with Crippen LogP contribution in [0.25, 0.3) is 11.0 Å². The molecule has 1 aromatic heterocycles. The number of methoxy groups -OCH3 is 2. The highest BCUT2D eigenvalue weighted by Crippen LogP contribution is 2.36. The molecule has 9 heteroatoms. The molecule has 198 valence electrons. The van der Waals surface area contributed by atoms with Crippen molar-refractivity contribution in [3.05, 3.63) is 78.4 Å². The molecule has 2 amide bonds. The van der Waals surface area contributed by atoms with E-state index in [0.29, 0.717) is 28.3 Å². The van der Waals surface area contributed by atoms with Gasteiger partial charge in [0.25, 0.3) is 0 Å². The predicted octanol–water partition coefficient (Wildman–Crippen LogP) is 4.53. The first-order chi connectivity index (χ1) is 18.3. The number of anilines is 1. The highest BCUT2D eigenvalue weighted by atomic mass is 16.5. The van der Waals surface area contributed by atoms with Crippen molar-refractivity contribution < 1.29 is 19.1 Å². The molecular formula is C29H33N5O4. The van der Waals surface area contributed by atoms with Crippen molar-refractivity contribution in [1.29, 1.82) is 0 Å². The molecule has 4 aromatic rings. The third kappa shape index (κ3) is 5.61. The summed E-state index contributed by atoms with van der Waals surface area (Å²) in [6, 6.07) is 20.9. The molecule has 0 aliphatic rings. The molecule has 38 heavy (non-hydrogen) atoms. The second kappa shape index (κ2) is 11.3. The van der Waals surface area contributed by atoms with Gasteiger partial charge in [-0.2, -0.15) is 0 Å². The van der Waals surface area contributed by atoms with Crippen LogP contribution in [0, 0.1) is 0 Å². The summed E-state index contributed by atoms with van der Waals surface area (Å²) in [5.41, 5.74) is 2.08. The van der Waals surface area contributed by atoms with Gasteiger partial charge in [0, 0.05) is 17.3 Å². The van der Waals surface area contributed by atoms with Crippen LogP contribution in [-0.2, 0) is 16.1 Å². The van der Waals surface area contributed by atoms with E-state index in [4.69, 9.17) is 9.47 Å². The first-order valence-electron chi connectivity index (χ1n) is 12.5. The third-order valence-electron chi connectivity index (χ3n) is 6.59. The van der Waals surface area contributed by atoms with Gasteiger partial charge in [0.2, 0.25) is 11.8 Å².